The predicted molar refractivity (Wildman–Crippen MR) is 96.9 cm³/mol. The number of hydrogen-bond acceptors (Lipinski definition) is 3. The monoisotopic (exact) mass is 340 g/mol. The molecule has 0 unspecified atom stereocenters. The van der Waals surface area contributed by atoms with Gasteiger partial charge in [0, 0.05) is 19.3 Å². The highest BCUT2D eigenvalue weighted by Gasteiger charge is 2.31. The fraction of sp³-hybridized carbons (Fsp3) is 0.400. The fourth-order valence-corrected chi connectivity index (χ4v) is 3.19. The molecule has 0 radical (unpaired) electrons. The molecule has 1 fully saturated rings. The SMILES string of the molecule is Cc1cccc(Cn2cccc(C(=O)N3CCOC(C)(C)C3)c2=O)c1. The first kappa shape index (κ1) is 17.4. The average molecular weight is 340 g/mol. The van der Waals surface area contributed by atoms with Crippen molar-refractivity contribution in [1.82, 2.24) is 9.47 Å². The standard InChI is InChI=1S/C20H24N2O3/c1-15-6-4-7-16(12-15)13-21-9-5-8-17(18(21)23)19(24)22-10-11-25-20(2,3)14-22/h4-9,12H,10-11,13-14H2,1-3H3. The molecule has 5 heteroatoms. The highest BCUT2D eigenvalue weighted by molar-refractivity contribution is 5.94. The van der Waals surface area contributed by atoms with E-state index in [-0.39, 0.29) is 22.6 Å². The van der Waals surface area contributed by atoms with Crippen molar-refractivity contribution in [2.75, 3.05) is 19.7 Å². The van der Waals surface area contributed by atoms with Gasteiger partial charge in [0.1, 0.15) is 5.56 Å². The Hall–Kier alpha value is -2.40. The lowest BCUT2D eigenvalue weighted by Crippen LogP contribution is -2.51. The largest absolute Gasteiger partial charge is 0.372 e. The minimum atomic E-state index is -0.386. The lowest BCUT2D eigenvalue weighted by atomic mass is 10.1. The molecule has 1 amide bonds. The van der Waals surface area contributed by atoms with Crippen LogP contribution in [0.2, 0.25) is 0 Å². The van der Waals surface area contributed by atoms with Gasteiger partial charge in [-0.1, -0.05) is 29.8 Å². The van der Waals surface area contributed by atoms with Gasteiger partial charge in [0.05, 0.1) is 18.8 Å². The number of aromatic nitrogens is 1. The number of ether oxygens (including phenoxy) is 1. The molecular weight excluding hydrogens is 316 g/mol. The molecule has 0 atom stereocenters. The van der Waals surface area contributed by atoms with Crippen molar-refractivity contribution < 1.29 is 9.53 Å². The van der Waals surface area contributed by atoms with Crippen molar-refractivity contribution >= 4 is 5.91 Å². The van der Waals surface area contributed by atoms with Gasteiger partial charge in [-0.15, -0.1) is 0 Å². The number of benzene rings is 1. The van der Waals surface area contributed by atoms with Gasteiger partial charge < -0.3 is 14.2 Å². The molecule has 3 rings (SSSR count). The van der Waals surface area contributed by atoms with Crippen LogP contribution in [0.15, 0.2) is 47.4 Å². The zero-order valence-electron chi connectivity index (χ0n) is 15.0. The molecule has 1 aliphatic rings. The summed E-state index contributed by atoms with van der Waals surface area (Å²) in [7, 11) is 0. The summed E-state index contributed by atoms with van der Waals surface area (Å²) in [4.78, 5) is 27.3. The highest BCUT2D eigenvalue weighted by Crippen LogP contribution is 2.17. The zero-order chi connectivity index (χ0) is 18.0. The van der Waals surface area contributed by atoms with Gasteiger partial charge in [0.25, 0.3) is 11.5 Å². The Balaban J connectivity index is 1.86. The zero-order valence-corrected chi connectivity index (χ0v) is 15.0. The van der Waals surface area contributed by atoms with E-state index in [2.05, 4.69) is 0 Å². The Morgan fingerprint density at radius 2 is 2.04 bits per heavy atom. The van der Waals surface area contributed by atoms with Gasteiger partial charge in [-0.25, -0.2) is 0 Å². The molecule has 132 valence electrons. The van der Waals surface area contributed by atoms with Crippen LogP contribution in [0.25, 0.3) is 0 Å². The summed E-state index contributed by atoms with van der Waals surface area (Å²) >= 11 is 0. The number of hydrogen-bond donors (Lipinski definition) is 0. The van der Waals surface area contributed by atoms with Crippen molar-refractivity contribution in [3.63, 3.8) is 0 Å². The topological polar surface area (TPSA) is 51.5 Å². The van der Waals surface area contributed by atoms with E-state index in [1.54, 1.807) is 27.8 Å². The Morgan fingerprint density at radius 1 is 1.24 bits per heavy atom. The maximum atomic E-state index is 12.8. The Kier molecular flexibility index (Phi) is 4.77. The summed E-state index contributed by atoms with van der Waals surface area (Å²) in [5.41, 5.74) is 1.77. The van der Waals surface area contributed by atoms with E-state index in [0.29, 0.717) is 26.2 Å². The van der Waals surface area contributed by atoms with E-state index >= 15 is 0 Å². The van der Waals surface area contributed by atoms with E-state index in [1.807, 2.05) is 45.0 Å². The normalized spacial score (nSPS) is 16.7. The Bertz CT molecular complexity index is 839. The number of amides is 1. The first-order valence-electron chi connectivity index (χ1n) is 8.54. The Morgan fingerprint density at radius 3 is 2.76 bits per heavy atom. The summed E-state index contributed by atoms with van der Waals surface area (Å²) < 4.78 is 7.24. The van der Waals surface area contributed by atoms with Gasteiger partial charge >= 0.3 is 0 Å². The van der Waals surface area contributed by atoms with Gasteiger partial charge in [0.15, 0.2) is 0 Å². The molecular formula is C20H24N2O3. The molecule has 1 saturated heterocycles. The van der Waals surface area contributed by atoms with E-state index in [9.17, 15) is 9.59 Å². The van der Waals surface area contributed by atoms with Crippen LogP contribution in [0.5, 0.6) is 0 Å². The highest BCUT2D eigenvalue weighted by atomic mass is 16.5. The van der Waals surface area contributed by atoms with Crippen LogP contribution in [-0.4, -0.2) is 40.7 Å². The molecule has 0 spiro atoms. The molecule has 25 heavy (non-hydrogen) atoms. The number of morpholine rings is 1. The van der Waals surface area contributed by atoms with Crippen molar-refractivity contribution in [3.05, 3.63) is 69.6 Å². The van der Waals surface area contributed by atoms with Gasteiger partial charge in [-0.05, 0) is 38.5 Å². The number of carbonyl (C=O) groups is 1. The minimum Gasteiger partial charge on any atom is -0.372 e. The van der Waals surface area contributed by atoms with Crippen LogP contribution >= 0.6 is 0 Å². The average Bonchev–Trinajstić information content (AvgIpc) is 2.55. The third-order valence-electron chi connectivity index (χ3n) is 4.40. The quantitative estimate of drug-likeness (QED) is 0.862. The van der Waals surface area contributed by atoms with Gasteiger partial charge in [-0.2, -0.15) is 0 Å². The smallest absolute Gasteiger partial charge is 0.263 e. The predicted octanol–water partition coefficient (Wildman–Crippen LogP) is 2.46. The molecule has 1 aromatic heterocycles. The van der Waals surface area contributed by atoms with Crippen LogP contribution in [0.4, 0.5) is 0 Å². The van der Waals surface area contributed by atoms with Crippen LogP contribution in [0, 0.1) is 6.92 Å². The molecule has 2 heterocycles. The van der Waals surface area contributed by atoms with Gasteiger partial charge in [-0.3, -0.25) is 9.59 Å². The van der Waals surface area contributed by atoms with Crippen molar-refractivity contribution in [2.24, 2.45) is 0 Å². The molecule has 0 aliphatic carbocycles. The number of nitrogens with zero attached hydrogens (tertiary/aromatic N) is 2. The first-order valence-corrected chi connectivity index (χ1v) is 8.54. The Labute approximate surface area is 147 Å². The van der Waals surface area contributed by atoms with Gasteiger partial charge in [0.2, 0.25) is 0 Å². The summed E-state index contributed by atoms with van der Waals surface area (Å²) in [5, 5.41) is 0. The van der Waals surface area contributed by atoms with E-state index < -0.39 is 0 Å². The van der Waals surface area contributed by atoms with Crippen LogP contribution in [0.3, 0.4) is 0 Å². The molecule has 0 bridgehead atoms. The van der Waals surface area contributed by atoms with Crippen LogP contribution < -0.4 is 5.56 Å². The minimum absolute atomic E-state index is 0.216. The second-order valence-electron chi connectivity index (χ2n) is 7.18. The molecule has 1 aliphatic heterocycles. The van der Waals surface area contributed by atoms with Crippen molar-refractivity contribution in [2.45, 2.75) is 32.9 Å². The van der Waals surface area contributed by atoms with E-state index in [0.717, 1.165) is 11.1 Å². The molecule has 0 saturated carbocycles. The summed E-state index contributed by atoms with van der Waals surface area (Å²) in [6.07, 6.45) is 1.73. The van der Waals surface area contributed by atoms with E-state index in [4.69, 9.17) is 4.74 Å². The number of carbonyl (C=O) groups excluding carboxylic acids is 1. The summed E-state index contributed by atoms with van der Waals surface area (Å²) in [6, 6.07) is 11.4. The molecule has 1 aromatic carbocycles. The second kappa shape index (κ2) is 6.84. The number of rotatable bonds is 3. The summed E-state index contributed by atoms with van der Waals surface area (Å²) in [6.45, 7) is 7.86. The van der Waals surface area contributed by atoms with Crippen LogP contribution in [-0.2, 0) is 11.3 Å². The third-order valence-corrected chi connectivity index (χ3v) is 4.40. The maximum Gasteiger partial charge on any atom is 0.263 e. The molecule has 0 N–H and O–H groups in total. The van der Waals surface area contributed by atoms with E-state index in [1.165, 1.54) is 0 Å². The first-order chi connectivity index (χ1) is 11.9. The number of aryl methyl sites for hydroxylation is 1. The van der Waals surface area contributed by atoms with Crippen LogP contribution in [0.1, 0.15) is 35.3 Å². The lowest BCUT2D eigenvalue weighted by molar-refractivity contribution is -0.0764. The third kappa shape index (κ3) is 3.99. The fourth-order valence-electron chi connectivity index (χ4n) is 3.19. The van der Waals surface area contributed by atoms with Crippen molar-refractivity contribution in [1.29, 1.82) is 0 Å². The maximum absolute atomic E-state index is 12.8. The summed E-state index contributed by atoms with van der Waals surface area (Å²) in [5.74, 6) is -0.222. The molecule has 5 nitrogen and oxygen atoms in total. The lowest BCUT2D eigenvalue weighted by Gasteiger charge is -2.38. The second-order valence-corrected chi connectivity index (χ2v) is 7.18. The number of pyridine rings is 1. The van der Waals surface area contributed by atoms with Crippen molar-refractivity contribution in [3.8, 4) is 0 Å². The molecule has 2 aromatic rings.